The topological polar surface area (TPSA) is 58.6 Å². The van der Waals surface area contributed by atoms with Crippen molar-refractivity contribution in [1.29, 1.82) is 0 Å². The molecule has 0 aliphatic carbocycles. The highest BCUT2D eigenvalue weighted by Gasteiger charge is 2.04. The molecular formula is C17H18BrNO3. The number of carboxylic acid groups (broad SMARTS) is 1. The Morgan fingerprint density at radius 2 is 1.95 bits per heavy atom. The van der Waals surface area contributed by atoms with Gasteiger partial charge in [-0.3, -0.25) is 0 Å². The van der Waals surface area contributed by atoms with Crippen LogP contribution in [-0.2, 0) is 6.54 Å². The Kier molecular flexibility index (Phi) is 5.83. The quantitative estimate of drug-likeness (QED) is 0.757. The van der Waals surface area contributed by atoms with Crippen molar-refractivity contribution in [2.75, 3.05) is 11.9 Å². The minimum atomic E-state index is -0.918. The molecule has 5 heteroatoms. The third kappa shape index (κ3) is 4.49. The largest absolute Gasteiger partial charge is 0.492 e. The van der Waals surface area contributed by atoms with Crippen molar-refractivity contribution < 1.29 is 14.6 Å². The summed E-state index contributed by atoms with van der Waals surface area (Å²) in [5, 5.41) is 12.1. The van der Waals surface area contributed by atoms with Gasteiger partial charge in [0.15, 0.2) is 0 Å². The van der Waals surface area contributed by atoms with Crippen LogP contribution in [0.15, 0.2) is 46.9 Å². The third-order valence-corrected chi connectivity index (χ3v) is 3.71. The molecule has 0 aromatic heterocycles. The zero-order chi connectivity index (χ0) is 15.9. The van der Waals surface area contributed by atoms with E-state index in [1.54, 1.807) is 24.3 Å². The molecule has 0 aliphatic rings. The molecule has 0 fully saturated rings. The fraction of sp³-hybridized carbons (Fsp3) is 0.235. The van der Waals surface area contributed by atoms with Crippen molar-refractivity contribution in [3.63, 3.8) is 0 Å². The van der Waals surface area contributed by atoms with Gasteiger partial charge in [-0.2, -0.15) is 0 Å². The van der Waals surface area contributed by atoms with E-state index in [1.807, 2.05) is 18.2 Å². The van der Waals surface area contributed by atoms with Gasteiger partial charge in [0, 0.05) is 12.2 Å². The highest BCUT2D eigenvalue weighted by Crippen LogP contribution is 2.26. The summed E-state index contributed by atoms with van der Waals surface area (Å²) in [5.74, 6) is -0.0745. The van der Waals surface area contributed by atoms with E-state index < -0.39 is 5.97 Å². The Hall–Kier alpha value is -2.01. The second-order valence-electron chi connectivity index (χ2n) is 4.85. The number of rotatable bonds is 7. The molecule has 2 rings (SSSR count). The first kappa shape index (κ1) is 16.4. The molecule has 116 valence electrons. The van der Waals surface area contributed by atoms with E-state index in [4.69, 9.17) is 9.84 Å². The van der Waals surface area contributed by atoms with Crippen LogP contribution in [0.3, 0.4) is 0 Å². The maximum Gasteiger partial charge on any atom is 0.335 e. The second kappa shape index (κ2) is 7.84. The van der Waals surface area contributed by atoms with Gasteiger partial charge in [-0.1, -0.05) is 13.0 Å². The van der Waals surface area contributed by atoms with Crippen LogP contribution in [-0.4, -0.2) is 17.7 Å². The minimum absolute atomic E-state index is 0.283. The Bertz CT molecular complexity index is 641. The summed E-state index contributed by atoms with van der Waals surface area (Å²) in [6.45, 7) is 3.42. The lowest BCUT2D eigenvalue weighted by atomic mass is 10.2. The number of hydrogen-bond acceptors (Lipinski definition) is 3. The van der Waals surface area contributed by atoms with Gasteiger partial charge in [0.25, 0.3) is 0 Å². The second-order valence-corrected chi connectivity index (χ2v) is 5.70. The normalized spacial score (nSPS) is 10.3. The first-order valence-corrected chi connectivity index (χ1v) is 7.88. The predicted octanol–water partition coefficient (Wildman–Crippen LogP) is 4.55. The van der Waals surface area contributed by atoms with E-state index in [-0.39, 0.29) is 5.56 Å². The molecule has 4 nitrogen and oxygen atoms in total. The molecule has 0 saturated carbocycles. The molecule has 2 aromatic carbocycles. The maximum absolute atomic E-state index is 10.8. The van der Waals surface area contributed by atoms with E-state index in [0.29, 0.717) is 13.2 Å². The molecule has 0 aliphatic heterocycles. The number of carboxylic acids is 1. The van der Waals surface area contributed by atoms with E-state index in [1.165, 1.54) is 0 Å². The van der Waals surface area contributed by atoms with Crippen LogP contribution in [0.5, 0.6) is 5.75 Å². The summed E-state index contributed by atoms with van der Waals surface area (Å²) in [5.41, 5.74) is 2.27. The van der Waals surface area contributed by atoms with Crippen LogP contribution in [0.4, 0.5) is 5.69 Å². The van der Waals surface area contributed by atoms with E-state index in [0.717, 1.165) is 27.9 Å². The molecule has 2 aromatic rings. The maximum atomic E-state index is 10.8. The van der Waals surface area contributed by atoms with Crippen molar-refractivity contribution in [1.82, 2.24) is 0 Å². The predicted molar refractivity (Wildman–Crippen MR) is 90.7 cm³/mol. The highest BCUT2D eigenvalue weighted by atomic mass is 79.9. The van der Waals surface area contributed by atoms with Crippen molar-refractivity contribution in [3.05, 3.63) is 58.1 Å². The van der Waals surface area contributed by atoms with Crippen LogP contribution in [0.1, 0.15) is 29.3 Å². The number of anilines is 1. The number of ether oxygens (including phenoxy) is 1. The molecule has 0 unspecified atom stereocenters. The van der Waals surface area contributed by atoms with E-state index in [2.05, 4.69) is 28.2 Å². The van der Waals surface area contributed by atoms with Gasteiger partial charge in [-0.25, -0.2) is 4.79 Å². The summed E-state index contributed by atoms with van der Waals surface area (Å²) < 4.78 is 6.55. The number of carbonyl (C=O) groups is 1. The van der Waals surface area contributed by atoms with Gasteiger partial charge in [-0.05, 0) is 64.3 Å². The lowest BCUT2D eigenvalue weighted by Crippen LogP contribution is -2.02. The Morgan fingerprint density at radius 1 is 1.23 bits per heavy atom. The number of halogens is 1. The summed E-state index contributed by atoms with van der Waals surface area (Å²) >= 11 is 3.51. The molecule has 0 spiro atoms. The van der Waals surface area contributed by atoms with E-state index >= 15 is 0 Å². The molecule has 0 atom stereocenters. The smallest absolute Gasteiger partial charge is 0.335 e. The van der Waals surface area contributed by atoms with Crippen LogP contribution in [0.2, 0.25) is 0 Å². The number of hydrogen-bond donors (Lipinski definition) is 2. The van der Waals surface area contributed by atoms with Gasteiger partial charge in [0.05, 0.1) is 16.6 Å². The molecule has 0 amide bonds. The molecular weight excluding hydrogens is 346 g/mol. The van der Waals surface area contributed by atoms with Crippen LogP contribution >= 0.6 is 15.9 Å². The molecule has 2 N–H and O–H groups in total. The zero-order valence-electron chi connectivity index (χ0n) is 12.3. The first-order chi connectivity index (χ1) is 10.6. The average Bonchev–Trinajstić information content (AvgIpc) is 2.52. The van der Waals surface area contributed by atoms with Gasteiger partial charge in [-0.15, -0.1) is 0 Å². The van der Waals surface area contributed by atoms with E-state index in [9.17, 15) is 4.79 Å². The van der Waals surface area contributed by atoms with Gasteiger partial charge >= 0.3 is 5.97 Å². The summed E-state index contributed by atoms with van der Waals surface area (Å²) in [6, 6.07) is 12.7. The van der Waals surface area contributed by atoms with Gasteiger partial charge < -0.3 is 15.2 Å². The lowest BCUT2D eigenvalue weighted by Gasteiger charge is -2.10. The summed E-state index contributed by atoms with van der Waals surface area (Å²) in [6.07, 6.45) is 0.974. The SMILES string of the molecule is CCCOc1ccc(CNc2ccc(C(=O)O)cc2)cc1Br. The molecule has 0 heterocycles. The molecule has 0 radical (unpaired) electrons. The minimum Gasteiger partial charge on any atom is -0.492 e. The van der Waals surface area contributed by atoms with Crippen molar-refractivity contribution >= 4 is 27.6 Å². The highest BCUT2D eigenvalue weighted by molar-refractivity contribution is 9.10. The zero-order valence-corrected chi connectivity index (χ0v) is 13.9. The molecule has 22 heavy (non-hydrogen) atoms. The van der Waals surface area contributed by atoms with Crippen LogP contribution in [0, 0.1) is 0 Å². The first-order valence-electron chi connectivity index (χ1n) is 7.08. The van der Waals surface area contributed by atoms with Crippen LogP contribution in [0.25, 0.3) is 0 Å². The standard InChI is InChI=1S/C17H18BrNO3/c1-2-9-22-16-8-3-12(10-15(16)18)11-19-14-6-4-13(5-7-14)17(20)21/h3-8,10,19H,2,9,11H2,1H3,(H,20,21). The Balaban J connectivity index is 1.96. The van der Waals surface area contributed by atoms with Crippen molar-refractivity contribution in [2.24, 2.45) is 0 Å². The fourth-order valence-corrected chi connectivity index (χ4v) is 2.46. The monoisotopic (exact) mass is 363 g/mol. The van der Waals surface area contributed by atoms with Gasteiger partial charge in [0.2, 0.25) is 0 Å². The summed E-state index contributed by atoms with van der Waals surface area (Å²) in [7, 11) is 0. The number of aromatic carboxylic acids is 1. The number of benzene rings is 2. The lowest BCUT2D eigenvalue weighted by molar-refractivity contribution is 0.0697. The molecule has 0 saturated heterocycles. The van der Waals surface area contributed by atoms with Crippen molar-refractivity contribution in [2.45, 2.75) is 19.9 Å². The Morgan fingerprint density at radius 3 is 2.55 bits per heavy atom. The summed E-state index contributed by atoms with van der Waals surface area (Å²) in [4.78, 5) is 10.8. The van der Waals surface area contributed by atoms with Crippen molar-refractivity contribution in [3.8, 4) is 5.75 Å². The third-order valence-electron chi connectivity index (χ3n) is 3.09. The molecule has 0 bridgehead atoms. The average molecular weight is 364 g/mol. The Labute approximate surface area is 138 Å². The fourth-order valence-electron chi connectivity index (χ4n) is 1.92. The number of nitrogens with one attached hydrogen (secondary N) is 1. The van der Waals surface area contributed by atoms with Crippen LogP contribution < -0.4 is 10.1 Å². The van der Waals surface area contributed by atoms with Gasteiger partial charge in [0.1, 0.15) is 5.75 Å².